The van der Waals surface area contributed by atoms with Crippen molar-refractivity contribution in [1.82, 2.24) is 15.0 Å². The van der Waals surface area contributed by atoms with Gasteiger partial charge in [-0.1, -0.05) is 152 Å². The molecule has 2 aromatic heterocycles. The van der Waals surface area contributed by atoms with Crippen LogP contribution in [0.25, 0.3) is 99.9 Å². The summed E-state index contributed by atoms with van der Waals surface area (Å²) in [4.78, 5) is 15.0. The molecule has 8 aromatic carbocycles. The van der Waals surface area contributed by atoms with E-state index in [2.05, 4.69) is 140 Å². The minimum Gasteiger partial charge on any atom is -0.456 e. The van der Waals surface area contributed by atoms with Crippen molar-refractivity contribution in [3.05, 3.63) is 176 Å². The van der Waals surface area contributed by atoms with Crippen molar-refractivity contribution in [3.8, 4) is 56.4 Å². The Kier molecular flexibility index (Phi) is 6.78. The summed E-state index contributed by atoms with van der Waals surface area (Å²) in [6.45, 7) is 0. The summed E-state index contributed by atoms with van der Waals surface area (Å²) in [7, 11) is 0. The maximum atomic E-state index is 6.41. The lowest BCUT2D eigenvalue weighted by Crippen LogP contribution is -2.00. The second-order valence-electron chi connectivity index (χ2n) is 12.8. The van der Waals surface area contributed by atoms with Crippen LogP contribution in [0.4, 0.5) is 0 Å². The highest BCUT2D eigenvalue weighted by Gasteiger charge is 2.16. The molecule has 10 aromatic rings. The molecule has 0 aliphatic rings. The van der Waals surface area contributed by atoms with Crippen LogP contribution in [-0.4, -0.2) is 15.0 Å². The molecular formula is C47H29N3O. The lowest BCUT2D eigenvalue weighted by molar-refractivity contribution is 0.669. The molecule has 0 saturated heterocycles. The zero-order valence-electron chi connectivity index (χ0n) is 27.5. The standard InChI is InChI=1S/C47H29N3O/c1-3-10-30(11-4-1)31-18-22-35(23-19-31)46-48-45(34-13-5-2-6-14-34)49-47(50-46)38-16-9-15-36(28-38)37-25-26-41-40(29-37)44-42(51-41)27-24-33-21-20-32-12-7-8-17-39(32)43(33)44/h1-29H. The number of hydrogen-bond acceptors (Lipinski definition) is 4. The Morgan fingerprint density at radius 2 is 0.804 bits per heavy atom. The highest BCUT2D eigenvalue weighted by Crippen LogP contribution is 2.40. The van der Waals surface area contributed by atoms with Crippen LogP contribution in [0, 0.1) is 0 Å². The second-order valence-corrected chi connectivity index (χ2v) is 12.8. The molecule has 51 heavy (non-hydrogen) atoms. The Bertz CT molecular complexity index is 2900. The van der Waals surface area contributed by atoms with E-state index in [4.69, 9.17) is 19.4 Å². The molecule has 0 unspecified atom stereocenters. The molecule has 0 radical (unpaired) electrons. The number of aromatic nitrogens is 3. The zero-order valence-corrected chi connectivity index (χ0v) is 27.5. The fourth-order valence-electron chi connectivity index (χ4n) is 7.17. The summed E-state index contributed by atoms with van der Waals surface area (Å²) >= 11 is 0. The molecule has 238 valence electrons. The van der Waals surface area contributed by atoms with Gasteiger partial charge in [0.05, 0.1) is 0 Å². The molecule has 0 saturated carbocycles. The van der Waals surface area contributed by atoms with E-state index in [9.17, 15) is 0 Å². The second kappa shape index (κ2) is 11.9. The van der Waals surface area contributed by atoms with Gasteiger partial charge in [-0.15, -0.1) is 0 Å². The van der Waals surface area contributed by atoms with E-state index >= 15 is 0 Å². The van der Waals surface area contributed by atoms with Gasteiger partial charge in [-0.2, -0.15) is 0 Å². The van der Waals surface area contributed by atoms with Gasteiger partial charge in [0.15, 0.2) is 17.5 Å². The Hall–Kier alpha value is -6.91. The monoisotopic (exact) mass is 651 g/mol. The van der Waals surface area contributed by atoms with E-state index in [1.807, 2.05) is 36.4 Å². The van der Waals surface area contributed by atoms with Gasteiger partial charge in [0.1, 0.15) is 11.2 Å². The molecule has 2 heterocycles. The van der Waals surface area contributed by atoms with Crippen molar-refractivity contribution >= 4 is 43.5 Å². The van der Waals surface area contributed by atoms with Gasteiger partial charge >= 0.3 is 0 Å². The average molecular weight is 652 g/mol. The van der Waals surface area contributed by atoms with Gasteiger partial charge in [0, 0.05) is 32.8 Å². The third kappa shape index (κ3) is 5.13. The summed E-state index contributed by atoms with van der Waals surface area (Å²) in [5, 5.41) is 7.11. The van der Waals surface area contributed by atoms with Gasteiger partial charge in [0.25, 0.3) is 0 Å². The van der Waals surface area contributed by atoms with Crippen molar-refractivity contribution in [3.63, 3.8) is 0 Å². The van der Waals surface area contributed by atoms with E-state index in [-0.39, 0.29) is 0 Å². The van der Waals surface area contributed by atoms with Crippen LogP contribution in [0.2, 0.25) is 0 Å². The first-order chi connectivity index (χ1) is 25.2. The number of rotatable bonds is 5. The van der Waals surface area contributed by atoms with Crippen molar-refractivity contribution in [1.29, 1.82) is 0 Å². The maximum Gasteiger partial charge on any atom is 0.164 e. The fraction of sp³-hybridized carbons (Fsp3) is 0. The van der Waals surface area contributed by atoms with Crippen LogP contribution in [-0.2, 0) is 0 Å². The first kappa shape index (κ1) is 29.0. The van der Waals surface area contributed by atoms with Crippen LogP contribution in [0.1, 0.15) is 0 Å². The van der Waals surface area contributed by atoms with Crippen molar-refractivity contribution in [2.24, 2.45) is 0 Å². The van der Waals surface area contributed by atoms with E-state index in [1.165, 1.54) is 27.1 Å². The summed E-state index contributed by atoms with van der Waals surface area (Å²) in [5.74, 6) is 1.90. The predicted molar refractivity (Wildman–Crippen MR) is 209 cm³/mol. The highest BCUT2D eigenvalue weighted by molar-refractivity contribution is 6.26. The largest absolute Gasteiger partial charge is 0.456 e. The highest BCUT2D eigenvalue weighted by atomic mass is 16.3. The predicted octanol–water partition coefficient (Wildman–Crippen LogP) is 12.4. The number of fused-ring (bicyclic) bond motifs is 7. The Morgan fingerprint density at radius 1 is 0.294 bits per heavy atom. The number of hydrogen-bond donors (Lipinski definition) is 0. The molecule has 0 fully saturated rings. The van der Waals surface area contributed by atoms with Crippen molar-refractivity contribution in [2.75, 3.05) is 0 Å². The molecule has 0 atom stereocenters. The lowest BCUT2D eigenvalue weighted by Gasteiger charge is -2.10. The number of nitrogens with zero attached hydrogens (tertiary/aromatic N) is 3. The first-order valence-electron chi connectivity index (χ1n) is 17.1. The molecule has 10 rings (SSSR count). The van der Waals surface area contributed by atoms with Crippen LogP contribution < -0.4 is 0 Å². The third-order valence-corrected chi connectivity index (χ3v) is 9.71. The van der Waals surface area contributed by atoms with Crippen molar-refractivity contribution < 1.29 is 4.42 Å². The summed E-state index contributed by atoms with van der Waals surface area (Å²) in [6, 6.07) is 61.0. The first-order valence-corrected chi connectivity index (χ1v) is 17.1. The fourth-order valence-corrected chi connectivity index (χ4v) is 7.17. The molecule has 0 N–H and O–H groups in total. The molecule has 0 amide bonds. The Balaban J connectivity index is 1.10. The van der Waals surface area contributed by atoms with E-state index < -0.39 is 0 Å². The Morgan fingerprint density at radius 3 is 1.59 bits per heavy atom. The van der Waals surface area contributed by atoms with E-state index in [0.29, 0.717) is 17.5 Å². The molecule has 0 aliphatic carbocycles. The van der Waals surface area contributed by atoms with Crippen LogP contribution in [0.3, 0.4) is 0 Å². The molecule has 4 heteroatoms. The van der Waals surface area contributed by atoms with Crippen LogP contribution in [0.15, 0.2) is 180 Å². The van der Waals surface area contributed by atoms with Gasteiger partial charge in [-0.25, -0.2) is 15.0 Å². The van der Waals surface area contributed by atoms with Gasteiger partial charge in [-0.05, 0) is 62.7 Å². The topological polar surface area (TPSA) is 51.8 Å². The van der Waals surface area contributed by atoms with E-state index in [0.717, 1.165) is 55.3 Å². The van der Waals surface area contributed by atoms with Gasteiger partial charge in [0.2, 0.25) is 0 Å². The molecule has 4 nitrogen and oxygen atoms in total. The summed E-state index contributed by atoms with van der Waals surface area (Å²) in [5.41, 5.74) is 9.05. The molecular weight excluding hydrogens is 623 g/mol. The SMILES string of the molecule is c1ccc(-c2ccc(-c3nc(-c4ccccc4)nc(-c4cccc(-c5ccc6oc7ccc8ccc9ccccc9c8c7c6c5)c4)n3)cc2)cc1. The normalized spacial score (nSPS) is 11.5. The smallest absolute Gasteiger partial charge is 0.164 e. The van der Waals surface area contributed by atoms with Gasteiger partial charge < -0.3 is 4.42 Å². The molecule has 0 aliphatic heterocycles. The molecule has 0 bridgehead atoms. The zero-order chi connectivity index (χ0) is 33.7. The minimum atomic E-state index is 0.625. The van der Waals surface area contributed by atoms with Crippen molar-refractivity contribution in [2.45, 2.75) is 0 Å². The minimum absolute atomic E-state index is 0.625. The van der Waals surface area contributed by atoms with E-state index in [1.54, 1.807) is 0 Å². The van der Waals surface area contributed by atoms with Crippen LogP contribution in [0.5, 0.6) is 0 Å². The van der Waals surface area contributed by atoms with Gasteiger partial charge in [-0.3, -0.25) is 0 Å². The summed E-state index contributed by atoms with van der Waals surface area (Å²) in [6.07, 6.45) is 0. The molecule has 0 spiro atoms. The van der Waals surface area contributed by atoms with Crippen LogP contribution >= 0.6 is 0 Å². The quantitative estimate of drug-likeness (QED) is 0.174. The summed E-state index contributed by atoms with van der Waals surface area (Å²) < 4.78 is 6.41. The maximum absolute atomic E-state index is 6.41. The Labute approximate surface area is 294 Å². The lowest BCUT2D eigenvalue weighted by atomic mass is 9.96. The third-order valence-electron chi connectivity index (χ3n) is 9.71. The average Bonchev–Trinajstić information content (AvgIpc) is 3.59. The number of benzene rings is 8. The number of furan rings is 1.